The third-order valence-electron chi connectivity index (χ3n) is 6.13. The van der Waals surface area contributed by atoms with Crippen molar-refractivity contribution in [1.82, 2.24) is 15.2 Å². The zero-order valence-electron chi connectivity index (χ0n) is 18.2. The van der Waals surface area contributed by atoms with Gasteiger partial charge in [0.2, 0.25) is 11.8 Å². The topological polar surface area (TPSA) is 124 Å². The second-order valence-electron chi connectivity index (χ2n) is 8.54. The van der Waals surface area contributed by atoms with Crippen LogP contribution in [-0.4, -0.2) is 52.5 Å². The van der Waals surface area contributed by atoms with E-state index < -0.39 is 6.04 Å². The number of amides is 2. The predicted octanol–water partition coefficient (Wildman–Crippen LogP) is 0.0975. The van der Waals surface area contributed by atoms with Crippen LogP contribution in [-0.2, 0) is 20.7 Å². The fourth-order valence-electron chi connectivity index (χ4n) is 4.53. The number of nitriles is 1. The second kappa shape index (κ2) is 9.45. The Kier molecular flexibility index (Phi) is 6.47. The summed E-state index contributed by atoms with van der Waals surface area (Å²) < 4.78 is 6.15. The molecule has 4 rings (SSSR count). The van der Waals surface area contributed by atoms with E-state index in [0.29, 0.717) is 25.8 Å². The molecule has 2 amide bonds. The number of carbonyl (C=O) groups excluding carboxylic acids is 2. The van der Waals surface area contributed by atoms with E-state index in [2.05, 4.69) is 28.5 Å². The van der Waals surface area contributed by atoms with Crippen LogP contribution < -0.4 is 21.6 Å². The lowest BCUT2D eigenvalue weighted by Gasteiger charge is -2.23. The van der Waals surface area contributed by atoms with Gasteiger partial charge in [-0.1, -0.05) is 12.2 Å². The summed E-state index contributed by atoms with van der Waals surface area (Å²) in [7, 11) is 0. The van der Waals surface area contributed by atoms with Gasteiger partial charge in [-0.2, -0.15) is 5.26 Å². The molecule has 1 aromatic heterocycles. The van der Waals surface area contributed by atoms with E-state index in [0.717, 1.165) is 34.7 Å². The minimum atomic E-state index is -0.687. The predicted molar refractivity (Wildman–Crippen MR) is 120 cm³/mol. The third kappa shape index (κ3) is 4.78. The van der Waals surface area contributed by atoms with Crippen LogP contribution in [0.3, 0.4) is 0 Å². The van der Waals surface area contributed by atoms with Gasteiger partial charge in [-0.3, -0.25) is 9.59 Å². The van der Waals surface area contributed by atoms with Gasteiger partial charge >= 0.3 is 0 Å². The highest BCUT2D eigenvalue weighted by molar-refractivity contribution is 5.83. The van der Waals surface area contributed by atoms with Crippen LogP contribution in [0, 0.1) is 11.3 Å². The molecular weight excluding hydrogens is 406 g/mol. The molecule has 1 aliphatic heterocycles. The molecule has 0 radical (unpaired) electrons. The van der Waals surface area contributed by atoms with Crippen molar-refractivity contribution < 1.29 is 14.3 Å². The molecule has 0 saturated carbocycles. The van der Waals surface area contributed by atoms with E-state index in [9.17, 15) is 14.9 Å². The second-order valence-corrected chi connectivity index (χ2v) is 8.54. The number of aromatic nitrogens is 1. The number of fused-ring (bicyclic) bond motifs is 1. The van der Waals surface area contributed by atoms with Crippen molar-refractivity contribution in [1.29, 1.82) is 5.26 Å². The lowest BCUT2D eigenvalue weighted by atomic mass is 10.0. The summed E-state index contributed by atoms with van der Waals surface area (Å²) in [5.74, 6) is 0.567. The summed E-state index contributed by atoms with van der Waals surface area (Å²) in [6, 6.07) is 1.15. The highest BCUT2D eigenvalue weighted by atomic mass is 16.5. The minimum absolute atomic E-state index is 0.000102. The van der Waals surface area contributed by atoms with Crippen LogP contribution in [0.2, 0.25) is 0 Å². The SMILES string of the molecule is CC(=O)NC1C=CC(OC2C=c3c(C[C@H](N)C(=O)N4CCC[C@H]4C#N)c[nH]c3=CC2)=CC1. The van der Waals surface area contributed by atoms with Crippen molar-refractivity contribution in [2.45, 2.75) is 63.3 Å². The smallest absolute Gasteiger partial charge is 0.240 e. The summed E-state index contributed by atoms with van der Waals surface area (Å²) in [6.07, 6.45) is 15.1. The maximum absolute atomic E-state index is 12.8. The number of carbonyl (C=O) groups is 2. The Balaban J connectivity index is 1.42. The van der Waals surface area contributed by atoms with E-state index in [1.165, 1.54) is 6.92 Å². The summed E-state index contributed by atoms with van der Waals surface area (Å²) in [6.45, 7) is 2.10. The fourth-order valence-corrected chi connectivity index (χ4v) is 4.53. The number of hydrogen-bond donors (Lipinski definition) is 3. The molecule has 2 unspecified atom stereocenters. The largest absolute Gasteiger partial charge is 0.486 e. The van der Waals surface area contributed by atoms with Crippen LogP contribution >= 0.6 is 0 Å². The number of H-pyrrole nitrogens is 1. The Hall–Kier alpha value is -3.31. The van der Waals surface area contributed by atoms with E-state index in [1.807, 2.05) is 24.4 Å². The van der Waals surface area contributed by atoms with Gasteiger partial charge in [-0.15, -0.1) is 0 Å². The van der Waals surface area contributed by atoms with Crippen molar-refractivity contribution in [2.24, 2.45) is 5.73 Å². The number of likely N-dealkylation sites (tertiary alicyclic amines) is 1. The Bertz CT molecular complexity index is 1110. The molecule has 1 saturated heterocycles. The number of nitrogens with two attached hydrogens (primary N) is 1. The molecule has 168 valence electrons. The van der Waals surface area contributed by atoms with Crippen LogP contribution in [0.4, 0.5) is 0 Å². The van der Waals surface area contributed by atoms with Gasteiger partial charge in [-0.05, 0) is 49.5 Å². The number of nitrogens with zero attached hydrogens (tertiary/aromatic N) is 2. The van der Waals surface area contributed by atoms with Crippen LogP contribution in [0.25, 0.3) is 12.2 Å². The molecule has 32 heavy (non-hydrogen) atoms. The monoisotopic (exact) mass is 435 g/mol. The van der Waals surface area contributed by atoms with Gasteiger partial charge in [0, 0.05) is 36.7 Å². The highest BCUT2D eigenvalue weighted by Gasteiger charge is 2.32. The zero-order chi connectivity index (χ0) is 22.7. The normalized spacial score (nSPS) is 25.0. The molecule has 2 aliphatic carbocycles. The Morgan fingerprint density at radius 3 is 2.97 bits per heavy atom. The van der Waals surface area contributed by atoms with Crippen LogP contribution in [0.5, 0.6) is 0 Å². The molecule has 1 fully saturated rings. The van der Waals surface area contributed by atoms with Gasteiger partial charge in [-0.25, -0.2) is 0 Å². The van der Waals surface area contributed by atoms with E-state index in [1.54, 1.807) is 4.90 Å². The molecule has 0 aromatic carbocycles. The van der Waals surface area contributed by atoms with Crippen molar-refractivity contribution in [2.75, 3.05) is 6.54 Å². The maximum Gasteiger partial charge on any atom is 0.240 e. The number of ether oxygens (including phenoxy) is 1. The highest BCUT2D eigenvalue weighted by Crippen LogP contribution is 2.19. The van der Waals surface area contributed by atoms with Crippen LogP contribution in [0.15, 0.2) is 30.2 Å². The first-order valence-corrected chi connectivity index (χ1v) is 11.1. The third-order valence-corrected chi connectivity index (χ3v) is 6.13. The van der Waals surface area contributed by atoms with Gasteiger partial charge in [0.15, 0.2) is 0 Å². The Labute approximate surface area is 187 Å². The Morgan fingerprint density at radius 2 is 2.25 bits per heavy atom. The molecule has 4 atom stereocenters. The van der Waals surface area contributed by atoms with Gasteiger partial charge in [0.1, 0.15) is 17.9 Å². The summed E-state index contributed by atoms with van der Waals surface area (Å²) >= 11 is 0. The van der Waals surface area contributed by atoms with Crippen molar-refractivity contribution in [3.8, 4) is 6.07 Å². The number of nitrogens with one attached hydrogen (secondary N) is 2. The minimum Gasteiger partial charge on any atom is -0.486 e. The molecule has 8 heteroatoms. The van der Waals surface area contributed by atoms with Crippen molar-refractivity contribution >= 4 is 24.0 Å². The van der Waals surface area contributed by atoms with Gasteiger partial charge < -0.3 is 25.7 Å². The molecule has 1 aromatic rings. The summed E-state index contributed by atoms with van der Waals surface area (Å²) in [5, 5.41) is 14.2. The first kappa shape index (κ1) is 21.9. The zero-order valence-corrected chi connectivity index (χ0v) is 18.2. The number of rotatable bonds is 6. The lowest BCUT2D eigenvalue weighted by molar-refractivity contribution is -0.132. The average Bonchev–Trinajstić information content (AvgIpc) is 3.41. The summed E-state index contributed by atoms with van der Waals surface area (Å²) in [5.41, 5.74) is 7.22. The molecule has 2 heterocycles. The average molecular weight is 436 g/mol. The Morgan fingerprint density at radius 1 is 1.41 bits per heavy atom. The molecule has 4 N–H and O–H groups in total. The molecule has 3 aliphatic rings. The van der Waals surface area contributed by atoms with Crippen LogP contribution in [0.1, 0.15) is 38.2 Å². The van der Waals surface area contributed by atoms with Gasteiger partial charge in [0.05, 0.1) is 18.2 Å². The molecular formula is C24H29N5O3. The molecule has 0 bridgehead atoms. The summed E-state index contributed by atoms with van der Waals surface area (Å²) in [4.78, 5) is 28.9. The quantitative estimate of drug-likeness (QED) is 0.585. The first-order chi connectivity index (χ1) is 15.4. The van der Waals surface area contributed by atoms with Crippen molar-refractivity contribution in [3.63, 3.8) is 0 Å². The van der Waals surface area contributed by atoms with Crippen molar-refractivity contribution in [3.05, 3.63) is 46.3 Å². The first-order valence-electron chi connectivity index (χ1n) is 11.1. The lowest BCUT2D eigenvalue weighted by Crippen LogP contribution is -2.47. The number of hydrogen-bond acceptors (Lipinski definition) is 5. The molecule has 8 nitrogen and oxygen atoms in total. The standard InChI is InChI=1S/C24H29N5O3/c1-15(30)28-17-4-6-19(7-5-17)32-20-8-9-23-21(12-20)16(14-27-23)11-22(26)24(31)29-10-2-3-18(29)13-25/h4,6-7,9,12,14,17-18,20,22,27H,2-3,5,8,10-11,26H2,1H3,(H,28,30)/t17?,18-,20?,22-/m0/s1. The van der Waals surface area contributed by atoms with E-state index in [-0.39, 0.29) is 30.0 Å². The number of aromatic amines is 1. The van der Waals surface area contributed by atoms with E-state index in [4.69, 9.17) is 10.5 Å². The fraction of sp³-hybridized carbons (Fsp3) is 0.458. The maximum atomic E-state index is 12.8. The van der Waals surface area contributed by atoms with E-state index >= 15 is 0 Å². The molecule has 0 spiro atoms. The van der Waals surface area contributed by atoms with Gasteiger partial charge in [0.25, 0.3) is 0 Å². The number of allylic oxidation sites excluding steroid dienone is 1.